The molecule has 0 fully saturated rings. The van der Waals surface area contributed by atoms with Gasteiger partial charge in [-0.25, -0.2) is 0 Å². The van der Waals surface area contributed by atoms with Crippen LogP contribution in [-0.2, 0) is 18.9 Å². The highest BCUT2D eigenvalue weighted by atomic mass is 16.5. The first-order valence-corrected chi connectivity index (χ1v) is 12.9. The zero-order chi connectivity index (χ0) is 25.0. The SMILES string of the molecule is CC(C)NCCOCC(COCCNC(C)C)(COCCNC(C)C)COCCNC(C)C. The Morgan fingerprint density at radius 2 is 0.636 bits per heavy atom. The molecule has 8 nitrogen and oxygen atoms in total. The Bertz CT molecular complexity index is 346. The summed E-state index contributed by atoms with van der Waals surface area (Å²) in [5.41, 5.74) is -0.342. The zero-order valence-electron chi connectivity index (χ0n) is 22.9. The van der Waals surface area contributed by atoms with Crippen LogP contribution in [0, 0.1) is 5.41 Å². The van der Waals surface area contributed by atoms with E-state index in [0.717, 1.165) is 26.2 Å². The fraction of sp³-hybridized carbons (Fsp3) is 1.00. The number of ether oxygens (including phenoxy) is 4. The Morgan fingerprint density at radius 1 is 0.424 bits per heavy atom. The fourth-order valence-corrected chi connectivity index (χ4v) is 3.08. The molecule has 0 unspecified atom stereocenters. The van der Waals surface area contributed by atoms with Gasteiger partial charge in [-0.1, -0.05) is 55.4 Å². The standard InChI is InChI=1S/C25H56N4O4/c1-21(2)26-9-13-30-17-25(18-31-14-10-27-22(3)4,19-32-15-11-28-23(5)6)20-33-16-12-29-24(7)8/h21-24,26-29H,9-20H2,1-8H3. The Labute approximate surface area is 204 Å². The molecule has 0 spiro atoms. The van der Waals surface area contributed by atoms with Gasteiger partial charge < -0.3 is 40.2 Å². The van der Waals surface area contributed by atoms with Crippen LogP contribution in [0.3, 0.4) is 0 Å². The van der Waals surface area contributed by atoms with E-state index < -0.39 is 0 Å². The Balaban J connectivity index is 4.87. The van der Waals surface area contributed by atoms with Crippen molar-refractivity contribution in [3.63, 3.8) is 0 Å². The lowest BCUT2D eigenvalue weighted by atomic mass is 9.92. The van der Waals surface area contributed by atoms with E-state index in [2.05, 4.69) is 76.7 Å². The van der Waals surface area contributed by atoms with Crippen LogP contribution in [0.4, 0.5) is 0 Å². The molecule has 0 heterocycles. The zero-order valence-corrected chi connectivity index (χ0v) is 22.9. The largest absolute Gasteiger partial charge is 0.379 e. The first-order valence-electron chi connectivity index (χ1n) is 12.9. The van der Waals surface area contributed by atoms with E-state index in [-0.39, 0.29) is 5.41 Å². The van der Waals surface area contributed by atoms with Gasteiger partial charge in [-0.05, 0) is 0 Å². The molecule has 0 bridgehead atoms. The van der Waals surface area contributed by atoms with E-state index in [9.17, 15) is 0 Å². The van der Waals surface area contributed by atoms with Crippen molar-refractivity contribution in [1.82, 2.24) is 21.3 Å². The number of hydrogen-bond acceptors (Lipinski definition) is 8. The molecule has 33 heavy (non-hydrogen) atoms. The Hall–Kier alpha value is -0.320. The first-order chi connectivity index (χ1) is 15.7. The van der Waals surface area contributed by atoms with Crippen LogP contribution in [0.2, 0.25) is 0 Å². The van der Waals surface area contributed by atoms with Gasteiger partial charge >= 0.3 is 0 Å². The second-order valence-electron chi connectivity index (χ2n) is 10.1. The van der Waals surface area contributed by atoms with Crippen molar-refractivity contribution in [2.45, 2.75) is 79.6 Å². The quantitative estimate of drug-likeness (QED) is 0.158. The Kier molecular flexibility index (Phi) is 20.8. The molecule has 0 aromatic rings. The van der Waals surface area contributed by atoms with Gasteiger partial charge in [-0.15, -0.1) is 0 Å². The summed E-state index contributed by atoms with van der Waals surface area (Å²) in [6.07, 6.45) is 0. The van der Waals surface area contributed by atoms with Crippen molar-refractivity contribution in [2.24, 2.45) is 5.41 Å². The normalized spacial score (nSPS) is 12.7. The molecule has 0 amide bonds. The fourth-order valence-electron chi connectivity index (χ4n) is 3.08. The van der Waals surface area contributed by atoms with Crippen molar-refractivity contribution >= 4 is 0 Å². The van der Waals surface area contributed by atoms with Crippen LogP contribution in [0.1, 0.15) is 55.4 Å². The highest BCUT2D eigenvalue weighted by Gasteiger charge is 2.32. The first kappa shape index (κ1) is 32.7. The molecule has 0 aromatic carbocycles. The van der Waals surface area contributed by atoms with E-state index in [1.165, 1.54) is 0 Å². The topological polar surface area (TPSA) is 85.0 Å². The van der Waals surface area contributed by atoms with E-state index >= 15 is 0 Å². The molecule has 0 aliphatic heterocycles. The van der Waals surface area contributed by atoms with Crippen LogP contribution < -0.4 is 21.3 Å². The maximum Gasteiger partial charge on any atom is 0.0637 e. The lowest BCUT2D eigenvalue weighted by Crippen LogP contribution is -2.44. The minimum absolute atomic E-state index is 0.342. The molecular weight excluding hydrogens is 420 g/mol. The second kappa shape index (κ2) is 21.0. The molecule has 0 atom stereocenters. The number of rotatable bonds is 24. The highest BCUT2D eigenvalue weighted by Crippen LogP contribution is 2.21. The van der Waals surface area contributed by atoms with Gasteiger partial charge in [0.1, 0.15) is 0 Å². The van der Waals surface area contributed by atoms with Crippen molar-refractivity contribution in [3.05, 3.63) is 0 Å². The summed E-state index contributed by atoms with van der Waals surface area (Å²) >= 11 is 0. The summed E-state index contributed by atoms with van der Waals surface area (Å²) in [5.74, 6) is 0. The average molecular weight is 477 g/mol. The summed E-state index contributed by atoms with van der Waals surface area (Å²) in [5, 5.41) is 13.6. The van der Waals surface area contributed by atoms with E-state index in [1.54, 1.807) is 0 Å². The molecule has 0 aromatic heterocycles. The number of hydrogen-bond donors (Lipinski definition) is 4. The second-order valence-corrected chi connectivity index (χ2v) is 10.1. The lowest BCUT2D eigenvalue weighted by Gasteiger charge is -2.33. The molecule has 4 N–H and O–H groups in total. The van der Waals surface area contributed by atoms with Crippen molar-refractivity contribution in [1.29, 1.82) is 0 Å². The van der Waals surface area contributed by atoms with Gasteiger partial charge in [0.25, 0.3) is 0 Å². The third kappa shape index (κ3) is 21.9. The van der Waals surface area contributed by atoms with Gasteiger partial charge in [0.15, 0.2) is 0 Å². The van der Waals surface area contributed by atoms with Gasteiger partial charge in [0.2, 0.25) is 0 Å². The van der Waals surface area contributed by atoms with Crippen molar-refractivity contribution in [3.8, 4) is 0 Å². The molecule has 0 saturated heterocycles. The average Bonchev–Trinajstić information content (AvgIpc) is 2.71. The molecule has 0 radical (unpaired) electrons. The third-order valence-electron chi connectivity index (χ3n) is 4.83. The predicted octanol–water partition coefficient (Wildman–Crippen LogP) is 2.03. The van der Waals surface area contributed by atoms with Crippen LogP contribution in [0.15, 0.2) is 0 Å². The molecule has 0 saturated carbocycles. The predicted molar refractivity (Wildman–Crippen MR) is 138 cm³/mol. The third-order valence-corrected chi connectivity index (χ3v) is 4.83. The summed E-state index contributed by atoms with van der Waals surface area (Å²) in [7, 11) is 0. The van der Waals surface area contributed by atoms with Gasteiger partial charge in [0, 0.05) is 50.3 Å². The van der Waals surface area contributed by atoms with E-state index in [1.807, 2.05) is 0 Å². The minimum atomic E-state index is -0.342. The van der Waals surface area contributed by atoms with Gasteiger partial charge in [-0.3, -0.25) is 0 Å². The maximum absolute atomic E-state index is 6.09. The molecule has 0 aliphatic carbocycles. The van der Waals surface area contributed by atoms with Gasteiger partial charge in [-0.2, -0.15) is 0 Å². The molecule has 0 aliphatic rings. The summed E-state index contributed by atoms with van der Waals surface area (Å²) in [6.45, 7) is 25.2. The summed E-state index contributed by atoms with van der Waals surface area (Å²) in [4.78, 5) is 0. The monoisotopic (exact) mass is 476 g/mol. The lowest BCUT2D eigenvalue weighted by molar-refractivity contribution is -0.105. The Morgan fingerprint density at radius 3 is 0.818 bits per heavy atom. The maximum atomic E-state index is 6.09. The molecule has 200 valence electrons. The van der Waals surface area contributed by atoms with Crippen LogP contribution in [-0.4, -0.2) is 103 Å². The van der Waals surface area contributed by atoms with Crippen molar-refractivity contribution in [2.75, 3.05) is 79.0 Å². The molecule has 8 heteroatoms. The van der Waals surface area contributed by atoms with Crippen LogP contribution >= 0.6 is 0 Å². The van der Waals surface area contributed by atoms with Crippen LogP contribution in [0.25, 0.3) is 0 Å². The molecule has 0 rings (SSSR count). The summed E-state index contributed by atoms with van der Waals surface area (Å²) in [6, 6.07) is 1.79. The summed E-state index contributed by atoms with van der Waals surface area (Å²) < 4.78 is 24.3. The number of nitrogens with one attached hydrogen (secondary N) is 4. The van der Waals surface area contributed by atoms with Crippen molar-refractivity contribution < 1.29 is 18.9 Å². The van der Waals surface area contributed by atoms with Crippen LogP contribution in [0.5, 0.6) is 0 Å². The smallest absolute Gasteiger partial charge is 0.0637 e. The highest BCUT2D eigenvalue weighted by molar-refractivity contribution is 4.80. The van der Waals surface area contributed by atoms with E-state index in [4.69, 9.17) is 18.9 Å². The van der Waals surface area contributed by atoms with Gasteiger partial charge in [0.05, 0.1) is 58.3 Å². The van der Waals surface area contributed by atoms with E-state index in [0.29, 0.717) is 77.0 Å². The molecular formula is C25H56N4O4. The minimum Gasteiger partial charge on any atom is -0.379 e.